The van der Waals surface area contributed by atoms with Crippen LogP contribution >= 0.6 is 0 Å². The summed E-state index contributed by atoms with van der Waals surface area (Å²) >= 11 is 0. The third kappa shape index (κ3) is 3.67. The zero-order valence-corrected chi connectivity index (χ0v) is 9.53. The highest BCUT2D eigenvalue weighted by atomic mass is 16.5. The van der Waals surface area contributed by atoms with Gasteiger partial charge in [-0.25, -0.2) is 4.79 Å². The van der Waals surface area contributed by atoms with E-state index in [-0.39, 0.29) is 19.1 Å². The maximum atomic E-state index is 11.7. The minimum atomic E-state index is -0.862. The van der Waals surface area contributed by atoms with Crippen LogP contribution in [-0.2, 0) is 4.74 Å². The molecule has 0 bridgehead atoms. The van der Waals surface area contributed by atoms with Gasteiger partial charge in [-0.05, 0) is 24.6 Å². The van der Waals surface area contributed by atoms with Crippen molar-refractivity contribution in [3.63, 3.8) is 0 Å². The fourth-order valence-electron chi connectivity index (χ4n) is 1.31. The Balaban J connectivity index is 2.53. The van der Waals surface area contributed by atoms with Gasteiger partial charge in [-0.2, -0.15) is 0 Å². The van der Waals surface area contributed by atoms with E-state index in [0.717, 1.165) is 5.56 Å². The molecule has 0 atom stereocenters. The van der Waals surface area contributed by atoms with Crippen molar-refractivity contribution in [2.45, 2.75) is 6.92 Å². The summed E-state index contributed by atoms with van der Waals surface area (Å²) in [4.78, 5) is 22.0. The van der Waals surface area contributed by atoms with Crippen LogP contribution in [0.5, 0.6) is 0 Å². The van der Waals surface area contributed by atoms with Crippen LogP contribution in [0.4, 0.5) is 10.5 Å². The molecule has 0 saturated carbocycles. The predicted octanol–water partition coefficient (Wildman–Crippen LogP) is 0.402. The summed E-state index contributed by atoms with van der Waals surface area (Å²) in [6.07, 6.45) is -0.862. The lowest BCUT2D eigenvalue weighted by atomic mass is 10.1. The predicted molar refractivity (Wildman–Crippen MR) is 63.5 cm³/mol. The standard InChI is InChI=1S/C11H15N3O3/c1-7-8(3-2-4-9(7)12)10(15)14-5-6-17-11(13)16/h2-4H,5-6,12H2,1H3,(H2,13,16)(H,14,15). The first-order valence-electron chi connectivity index (χ1n) is 5.08. The van der Waals surface area contributed by atoms with Gasteiger partial charge in [-0.1, -0.05) is 6.07 Å². The number of nitrogens with one attached hydrogen (secondary N) is 1. The molecule has 0 radical (unpaired) electrons. The molecule has 5 N–H and O–H groups in total. The lowest BCUT2D eigenvalue weighted by Gasteiger charge is -2.09. The van der Waals surface area contributed by atoms with Crippen LogP contribution in [0.1, 0.15) is 15.9 Å². The van der Waals surface area contributed by atoms with Crippen LogP contribution in [0.15, 0.2) is 18.2 Å². The smallest absolute Gasteiger partial charge is 0.404 e. The number of carbonyl (C=O) groups is 2. The summed E-state index contributed by atoms with van der Waals surface area (Å²) in [5.41, 5.74) is 12.2. The topological polar surface area (TPSA) is 107 Å². The SMILES string of the molecule is Cc1c(N)cccc1C(=O)NCCOC(N)=O. The van der Waals surface area contributed by atoms with E-state index in [9.17, 15) is 9.59 Å². The maximum absolute atomic E-state index is 11.7. The molecule has 0 aliphatic heterocycles. The van der Waals surface area contributed by atoms with Crippen molar-refractivity contribution in [2.75, 3.05) is 18.9 Å². The third-order valence-electron chi connectivity index (χ3n) is 2.25. The monoisotopic (exact) mass is 237 g/mol. The number of ether oxygens (including phenoxy) is 1. The summed E-state index contributed by atoms with van der Waals surface area (Å²) in [7, 11) is 0. The molecule has 1 rings (SSSR count). The fraction of sp³-hybridized carbons (Fsp3) is 0.273. The van der Waals surface area contributed by atoms with Crippen molar-refractivity contribution < 1.29 is 14.3 Å². The molecule has 92 valence electrons. The zero-order valence-electron chi connectivity index (χ0n) is 9.53. The molecule has 0 fully saturated rings. The number of carbonyl (C=O) groups excluding carboxylic acids is 2. The highest BCUT2D eigenvalue weighted by molar-refractivity contribution is 5.96. The molecule has 17 heavy (non-hydrogen) atoms. The van der Waals surface area contributed by atoms with E-state index in [1.54, 1.807) is 25.1 Å². The average Bonchev–Trinajstić information content (AvgIpc) is 2.27. The van der Waals surface area contributed by atoms with Crippen molar-refractivity contribution in [1.82, 2.24) is 5.32 Å². The molecule has 1 aromatic carbocycles. The number of amides is 2. The van der Waals surface area contributed by atoms with Gasteiger partial charge in [0, 0.05) is 11.3 Å². The van der Waals surface area contributed by atoms with Crippen LogP contribution in [0.2, 0.25) is 0 Å². The number of rotatable bonds is 4. The van der Waals surface area contributed by atoms with Crippen LogP contribution in [-0.4, -0.2) is 25.2 Å². The molecule has 0 saturated heterocycles. The second-order valence-electron chi connectivity index (χ2n) is 3.44. The fourth-order valence-corrected chi connectivity index (χ4v) is 1.31. The Morgan fingerprint density at radius 1 is 1.41 bits per heavy atom. The van der Waals surface area contributed by atoms with Gasteiger partial charge in [-0.3, -0.25) is 4.79 Å². The van der Waals surface area contributed by atoms with Crippen LogP contribution < -0.4 is 16.8 Å². The molecule has 0 aliphatic rings. The highest BCUT2D eigenvalue weighted by Gasteiger charge is 2.09. The molecule has 0 unspecified atom stereocenters. The van der Waals surface area contributed by atoms with Crippen LogP contribution in [0.25, 0.3) is 0 Å². The molecule has 6 nitrogen and oxygen atoms in total. The molecular weight excluding hydrogens is 222 g/mol. The zero-order chi connectivity index (χ0) is 12.8. The van der Waals surface area contributed by atoms with E-state index < -0.39 is 6.09 Å². The normalized spacial score (nSPS) is 9.71. The number of primary amides is 1. The summed E-state index contributed by atoms with van der Waals surface area (Å²) in [6, 6.07) is 5.11. The number of nitrogens with two attached hydrogens (primary N) is 2. The van der Waals surface area contributed by atoms with Crippen molar-refractivity contribution in [3.05, 3.63) is 29.3 Å². The van der Waals surface area contributed by atoms with Crippen molar-refractivity contribution in [2.24, 2.45) is 5.73 Å². The molecule has 0 spiro atoms. The van der Waals surface area contributed by atoms with Gasteiger partial charge in [0.25, 0.3) is 5.91 Å². The van der Waals surface area contributed by atoms with E-state index in [2.05, 4.69) is 10.1 Å². The Morgan fingerprint density at radius 2 is 2.12 bits per heavy atom. The number of hydrogen-bond acceptors (Lipinski definition) is 4. The Morgan fingerprint density at radius 3 is 2.76 bits per heavy atom. The van der Waals surface area contributed by atoms with Gasteiger partial charge in [0.2, 0.25) is 0 Å². The van der Waals surface area contributed by atoms with Gasteiger partial charge in [0.1, 0.15) is 6.61 Å². The van der Waals surface area contributed by atoms with E-state index >= 15 is 0 Å². The average molecular weight is 237 g/mol. The number of nitrogen functional groups attached to an aromatic ring is 1. The molecule has 0 aliphatic carbocycles. The first kappa shape index (κ1) is 12.8. The number of benzene rings is 1. The molecule has 1 aromatic rings. The van der Waals surface area contributed by atoms with Crippen molar-refractivity contribution >= 4 is 17.7 Å². The summed E-state index contributed by atoms with van der Waals surface area (Å²) in [5.74, 6) is -0.261. The van der Waals surface area contributed by atoms with Gasteiger partial charge < -0.3 is 21.5 Å². The molecule has 0 heterocycles. The minimum Gasteiger partial charge on any atom is -0.448 e. The summed E-state index contributed by atoms with van der Waals surface area (Å²) in [6.45, 7) is 2.02. The van der Waals surface area contributed by atoms with Gasteiger partial charge in [0.05, 0.1) is 6.54 Å². The Bertz CT molecular complexity index is 432. The van der Waals surface area contributed by atoms with E-state index in [1.165, 1.54) is 0 Å². The van der Waals surface area contributed by atoms with E-state index in [1.807, 2.05) is 0 Å². The minimum absolute atomic E-state index is 0.0441. The molecule has 2 amide bonds. The van der Waals surface area contributed by atoms with Crippen LogP contribution in [0.3, 0.4) is 0 Å². The second kappa shape index (κ2) is 5.74. The first-order chi connectivity index (χ1) is 8.02. The van der Waals surface area contributed by atoms with Crippen molar-refractivity contribution in [3.8, 4) is 0 Å². The lowest BCUT2D eigenvalue weighted by Crippen LogP contribution is -2.29. The van der Waals surface area contributed by atoms with Gasteiger partial charge in [0.15, 0.2) is 0 Å². The summed E-state index contributed by atoms with van der Waals surface area (Å²) < 4.78 is 4.48. The number of hydrogen-bond donors (Lipinski definition) is 3. The summed E-state index contributed by atoms with van der Waals surface area (Å²) in [5, 5.41) is 2.60. The molecule has 0 aromatic heterocycles. The Hall–Kier alpha value is -2.24. The van der Waals surface area contributed by atoms with E-state index in [4.69, 9.17) is 11.5 Å². The quantitative estimate of drug-likeness (QED) is 0.520. The first-order valence-corrected chi connectivity index (χ1v) is 5.08. The lowest BCUT2D eigenvalue weighted by molar-refractivity contribution is 0.0936. The van der Waals surface area contributed by atoms with Gasteiger partial charge >= 0.3 is 6.09 Å². The largest absolute Gasteiger partial charge is 0.448 e. The van der Waals surface area contributed by atoms with Gasteiger partial charge in [-0.15, -0.1) is 0 Å². The van der Waals surface area contributed by atoms with Crippen LogP contribution in [0, 0.1) is 6.92 Å². The molecular formula is C11H15N3O3. The number of anilines is 1. The van der Waals surface area contributed by atoms with Crippen molar-refractivity contribution in [1.29, 1.82) is 0 Å². The second-order valence-corrected chi connectivity index (χ2v) is 3.44. The highest BCUT2D eigenvalue weighted by Crippen LogP contribution is 2.14. The third-order valence-corrected chi connectivity index (χ3v) is 2.25. The Labute approximate surface area is 98.9 Å². The molecule has 6 heteroatoms. The van der Waals surface area contributed by atoms with E-state index in [0.29, 0.717) is 11.3 Å². The Kier molecular flexibility index (Phi) is 4.33. The maximum Gasteiger partial charge on any atom is 0.404 e.